The van der Waals surface area contributed by atoms with Crippen LogP contribution in [0.25, 0.3) is 0 Å². The Labute approximate surface area is 169 Å². The van der Waals surface area contributed by atoms with Crippen molar-refractivity contribution >= 4 is 11.8 Å². The SMILES string of the molecule is CC(=O)NC(Cc1cc(F)cc(F)c1)C(O)CNC1(C(=O)N2CCCCC2)CC1. The zero-order valence-corrected chi connectivity index (χ0v) is 16.7. The van der Waals surface area contributed by atoms with Crippen molar-refractivity contribution in [3.05, 3.63) is 35.4 Å². The van der Waals surface area contributed by atoms with Crippen LogP contribution < -0.4 is 10.6 Å². The van der Waals surface area contributed by atoms with Crippen molar-refractivity contribution < 1.29 is 23.5 Å². The number of carbonyl (C=O) groups is 2. The minimum Gasteiger partial charge on any atom is -0.390 e. The van der Waals surface area contributed by atoms with Gasteiger partial charge in [0.2, 0.25) is 11.8 Å². The molecule has 1 aliphatic heterocycles. The number of aliphatic hydroxyl groups excluding tert-OH is 1. The smallest absolute Gasteiger partial charge is 0.242 e. The molecule has 1 saturated heterocycles. The summed E-state index contributed by atoms with van der Waals surface area (Å²) in [5.41, 5.74) is -0.296. The molecule has 2 aliphatic rings. The summed E-state index contributed by atoms with van der Waals surface area (Å²) in [6, 6.07) is 2.40. The summed E-state index contributed by atoms with van der Waals surface area (Å²) in [5, 5.41) is 16.5. The molecule has 1 aromatic rings. The highest BCUT2D eigenvalue weighted by Gasteiger charge is 2.51. The number of β-amino-alcohol motifs (C(OH)–C–C–N with tert-alkyl or cyclic N) is 1. The number of aliphatic hydroxyl groups is 1. The molecule has 3 N–H and O–H groups in total. The molecule has 1 aromatic carbocycles. The van der Waals surface area contributed by atoms with Crippen molar-refractivity contribution in [2.75, 3.05) is 19.6 Å². The van der Waals surface area contributed by atoms with Crippen LogP contribution in [0.3, 0.4) is 0 Å². The van der Waals surface area contributed by atoms with Gasteiger partial charge in [0.15, 0.2) is 0 Å². The largest absolute Gasteiger partial charge is 0.390 e. The van der Waals surface area contributed by atoms with E-state index in [2.05, 4.69) is 10.6 Å². The fourth-order valence-corrected chi connectivity index (χ4v) is 3.96. The molecule has 1 aliphatic carbocycles. The third kappa shape index (κ3) is 5.73. The molecular weight excluding hydrogens is 380 g/mol. The average molecular weight is 409 g/mol. The number of nitrogens with one attached hydrogen (secondary N) is 2. The number of benzene rings is 1. The van der Waals surface area contributed by atoms with Gasteiger partial charge in [-0.25, -0.2) is 8.78 Å². The normalized spacial score (nSPS) is 20.1. The van der Waals surface area contributed by atoms with Gasteiger partial charge in [0, 0.05) is 32.6 Å². The van der Waals surface area contributed by atoms with E-state index in [1.165, 1.54) is 19.1 Å². The Hall–Kier alpha value is -2.06. The summed E-state index contributed by atoms with van der Waals surface area (Å²) in [6.07, 6.45) is 3.66. The van der Waals surface area contributed by atoms with Crippen LogP contribution in [-0.4, -0.2) is 59.1 Å². The van der Waals surface area contributed by atoms with Crippen LogP contribution in [-0.2, 0) is 16.0 Å². The lowest BCUT2D eigenvalue weighted by Gasteiger charge is -2.32. The number of hydrogen-bond donors (Lipinski definition) is 3. The highest BCUT2D eigenvalue weighted by atomic mass is 19.1. The molecule has 0 aromatic heterocycles. The van der Waals surface area contributed by atoms with Gasteiger partial charge in [0.25, 0.3) is 0 Å². The first-order valence-corrected chi connectivity index (χ1v) is 10.2. The van der Waals surface area contributed by atoms with Crippen molar-refractivity contribution in [2.45, 2.75) is 63.1 Å². The van der Waals surface area contributed by atoms with Gasteiger partial charge in [-0.1, -0.05) is 0 Å². The second-order valence-electron chi connectivity index (χ2n) is 8.17. The van der Waals surface area contributed by atoms with Gasteiger partial charge >= 0.3 is 0 Å². The van der Waals surface area contributed by atoms with Crippen LogP contribution in [0.5, 0.6) is 0 Å². The lowest BCUT2D eigenvalue weighted by atomic mass is 10.00. The number of hydrogen-bond acceptors (Lipinski definition) is 4. The van der Waals surface area contributed by atoms with Crippen molar-refractivity contribution in [3.63, 3.8) is 0 Å². The van der Waals surface area contributed by atoms with E-state index >= 15 is 0 Å². The average Bonchev–Trinajstić information content (AvgIpc) is 3.46. The van der Waals surface area contributed by atoms with Gasteiger partial charge in [-0.3, -0.25) is 9.59 Å². The molecule has 2 amide bonds. The maximum absolute atomic E-state index is 13.5. The first-order valence-electron chi connectivity index (χ1n) is 10.2. The topological polar surface area (TPSA) is 81.7 Å². The Morgan fingerprint density at radius 1 is 1.14 bits per heavy atom. The first kappa shape index (κ1) is 21.6. The van der Waals surface area contributed by atoms with Gasteiger partial charge in [0.05, 0.1) is 17.7 Å². The van der Waals surface area contributed by atoms with Crippen LogP contribution in [0.1, 0.15) is 44.6 Å². The fraction of sp³-hybridized carbons (Fsp3) is 0.619. The van der Waals surface area contributed by atoms with Crippen molar-refractivity contribution in [1.82, 2.24) is 15.5 Å². The molecule has 2 unspecified atom stereocenters. The van der Waals surface area contributed by atoms with Gasteiger partial charge < -0.3 is 20.6 Å². The molecule has 0 spiro atoms. The molecule has 6 nitrogen and oxygen atoms in total. The molecule has 8 heteroatoms. The van der Waals surface area contributed by atoms with E-state index in [-0.39, 0.29) is 24.8 Å². The Kier molecular flexibility index (Phi) is 6.85. The van der Waals surface area contributed by atoms with Crippen LogP contribution in [0.2, 0.25) is 0 Å². The number of amides is 2. The Balaban J connectivity index is 1.61. The molecule has 1 heterocycles. The van der Waals surface area contributed by atoms with E-state index in [9.17, 15) is 23.5 Å². The quantitative estimate of drug-likeness (QED) is 0.608. The molecule has 2 atom stereocenters. The van der Waals surface area contributed by atoms with E-state index in [1.54, 1.807) is 0 Å². The number of nitrogens with zero attached hydrogens (tertiary/aromatic N) is 1. The van der Waals surface area contributed by atoms with Gasteiger partial charge in [-0.05, 0) is 56.2 Å². The monoisotopic (exact) mass is 409 g/mol. The molecule has 160 valence electrons. The highest BCUT2D eigenvalue weighted by Crippen LogP contribution is 2.38. The van der Waals surface area contributed by atoms with E-state index in [0.29, 0.717) is 5.56 Å². The maximum atomic E-state index is 13.5. The predicted octanol–water partition coefficient (Wildman–Crippen LogP) is 1.51. The van der Waals surface area contributed by atoms with Gasteiger partial charge in [-0.15, -0.1) is 0 Å². The van der Waals surface area contributed by atoms with Crippen molar-refractivity contribution in [3.8, 4) is 0 Å². The van der Waals surface area contributed by atoms with E-state index in [4.69, 9.17) is 0 Å². The molecule has 3 rings (SSSR count). The highest BCUT2D eigenvalue weighted by molar-refractivity contribution is 5.89. The second kappa shape index (κ2) is 9.17. The van der Waals surface area contributed by atoms with Crippen LogP contribution in [0, 0.1) is 11.6 Å². The summed E-state index contributed by atoms with van der Waals surface area (Å²) in [4.78, 5) is 26.3. The standard InChI is InChI=1S/C21H29F2N3O3/c1-14(27)25-18(11-15-9-16(22)12-17(23)10-15)19(28)13-24-21(5-6-21)20(29)26-7-3-2-4-8-26/h9-10,12,18-19,24,28H,2-8,11,13H2,1H3,(H,25,27). The van der Waals surface area contributed by atoms with Gasteiger partial charge in [0.1, 0.15) is 11.6 Å². The Morgan fingerprint density at radius 2 is 1.76 bits per heavy atom. The number of carbonyl (C=O) groups excluding carboxylic acids is 2. The predicted molar refractivity (Wildman–Crippen MR) is 104 cm³/mol. The van der Waals surface area contributed by atoms with Crippen LogP contribution >= 0.6 is 0 Å². The first-order chi connectivity index (χ1) is 13.8. The van der Waals surface area contributed by atoms with Crippen LogP contribution in [0.4, 0.5) is 8.78 Å². The Bertz CT molecular complexity index is 728. The summed E-state index contributed by atoms with van der Waals surface area (Å²) in [5.74, 6) is -1.69. The molecule has 0 radical (unpaired) electrons. The summed E-state index contributed by atoms with van der Waals surface area (Å²) in [7, 11) is 0. The van der Waals surface area contributed by atoms with E-state index in [1.807, 2.05) is 4.90 Å². The lowest BCUT2D eigenvalue weighted by Crippen LogP contribution is -2.54. The maximum Gasteiger partial charge on any atom is 0.242 e. The third-order valence-electron chi connectivity index (χ3n) is 5.68. The Morgan fingerprint density at radius 3 is 2.31 bits per heavy atom. The number of rotatable bonds is 8. The minimum atomic E-state index is -1.02. The number of piperidine rings is 1. The number of likely N-dealkylation sites (tertiary alicyclic amines) is 1. The van der Waals surface area contributed by atoms with Crippen molar-refractivity contribution in [1.29, 1.82) is 0 Å². The van der Waals surface area contributed by atoms with E-state index in [0.717, 1.165) is 51.3 Å². The summed E-state index contributed by atoms with van der Waals surface area (Å²) >= 11 is 0. The fourth-order valence-electron chi connectivity index (χ4n) is 3.96. The molecular formula is C21H29F2N3O3. The molecule has 0 bridgehead atoms. The number of halogens is 2. The summed E-state index contributed by atoms with van der Waals surface area (Å²) < 4.78 is 27.0. The molecule has 1 saturated carbocycles. The third-order valence-corrected chi connectivity index (χ3v) is 5.68. The van der Waals surface area contributed by atoms with Crippen LogP contribution in [0.15, 0.2) is 18.2 Å². The second-order valence-corrected chi connectivity index (χ2v) is 8.17. The zero-order valence-electron chi connectivity index (χ0n) is 16.7. The minimum absolute atomic E-state index is 0.0736. The molecule has 29 heavy (non-hydrogen) atoms. The van der Waals surface area contributed by atoms with E-state index < -0.39 is 29.3 Å². The molecule has 2 fully saturated rings. The zero-order chi connectivity index (χ0) is 21.0. The van der Waals surface area contributed by atoms with Crippen molar-refractivity contribution in [2.24, 2.45) is 0 Å². The van der Waals surface area contributed by atoms with Gasteiger partial charge in [-0.2, -0.15) is 0 Å². The lowest BCUT2D eigenvalue weighted by molar-refractivity contribution is -0.135. The summed E-state index contributed by atoms with van der Waals surface area (Å²) in [6.45, 7) is 2.96.